The van der Waals surface area contributed by atoms with Gasteiger partial charge in [-0.05, 0) is 51.2 Å². The van der Waals surface area contributed by atoms with E-state index < -0.39 is 6.10 Å². The molecule has 1 aliphatic carbocycles. The van der Waals surface area contributed by atoms with E-state index in [-0.39, 0.29) is 17.7 Å². The maximum Gasteiger partial charge on any atom is 0.220 e. The van der Waals surface area contributed by atoms with Gasteiger partial charge in [-0.1, -0.05) is 23.8 Å². The van der Waals surface area contributed by atoms with E-state index in [2.05, 4.69) is 52.5 Å². The van der Waals surface area contributed by atoms with Gasteiger partial charge in [0.05, 0.1) is 6.10 Å². The standard InChI is InChI=1S/C20H28N4O2/c1-12-4-5-15(13(2)8-12)6-7-19(26)21-11-17-9-16(10-18(17)25)20-22-14(3)23-24-20/h4-5,8,16-18,25H,6-7,9-11H2,1-3H3,(H,21,26)(H,22,23,24)/t16-,17+,18+/m0/s1. The van der Waals surface area contributed by atoms with Crippen molar-refractivity contribution in [2.45, 2.75) is 58.5 Å². The van der Waals surface area contributed by atoms with Crippen molar-refractivity contribution < 1.29 is 9.90 Å². The van der Waals surface area contributed by atoms with Gasteiger partial charge in [-0.15, -0.1) is 0 Å². The molecule has 1 aromatic heterocycles. The topological polar surface area (TPSA) is 90.9 Å². The fourth-order valence-corrected chi connectivity index (χ4v) is 3.78. The van der Waals surface area contributed by atoms with E-state index in [0.29, 0.717) is 19.4 Å². The Morgan fingerprint density at radius 1 is 1.31 bits per heavy atom. The molecule has 6 nitrogen and oxygen atoms in total. The molecule has 3 N–H and O–H groups in total. The van der Waals surface area contributed by atoms with Gasteiger partial charge in [0.2, 0.25) is 5.91 Å². The molecule has 0 spiro atoms. The molecule has 1 aromatic carbocycles. The average Bonchev–Trinajstić information content (AvgIpc) is 3.18. The largest absolute Gasteiger partial charge is 0.393 e. The van der Waals surface area contributed by atoms with Crippen molar-refractivity contribution in [1.82, 2.24) is 20.5 Å². The molecule has 0 radical (unpaired) electrons. The second-order valence-electron chi connectivity index (χ2n) is 7.51. The molecule has 1 saturated carbocycles. The first-order valence-corrected chi connectivity index (χ1v) is 9.32. The monoisotopic (exact) mass is 356 g/mol. The number of amides is 1. The average molecular weight is 356 g/mol. The summed E-state index contributed by atoms with van der Waals surface area (Å²) in [6.45, 7) is 6.53. The number of benzene rings is 1. The smallest absolute Gasteiger partial charge is 0.220 e. The predicted octanol–water partition coefficient (Wildman–Crippen LogP) is 2.33. The molecule has 0 aliphatic heterocycles. The van der Waals surface area contributed by atoms with E-state index in [4.69, 9.17) is 0 Å². The van der Waals surface area contributed by atoms with Crippen molar-refractivity contribution in [3.05, 3.63) is 46.5 Å². The molecule has 1 heterocycles. The Kier molecular flexibility index (Phi) is 5.71. The first-order valence-electron chi connectivity index (χ1n) is 9.32. The highest BCUT2D eigenvalue weighted by Gasteiger charge is 2.35. The molecule has 1 aliphatic rings. The number of nitrogens with zero attached hydrogens (tertiary/aromatic N) is 2. The Bertz CT molecular complexity index is 771. The molecule has 0 saturated heterocycles. The number of aliphatic hydroxyl groups excluding tert-OH is 1. The van der Waals surface area contributed by atoms with Crippen LogP contribution in [0.15, 0.2) is 18.2 Å². The molecule has 1 fully saturated rings. The van der Waals surface area contributed by atoms with Crippen LogP contribution >= 0.6 is 0 Å². The third kappa shape index (κ3) is 4.49. The summed E-state index contributed by atoms with van der Waals surface area (Å²) in [4.78, 5) is 16.6. The van der Waals surface area contributed by atoms with Gasteiger partial charge in [0, 0.05) is 24.8 Å². The molecule has 6 heteroatoms. The Morgan fingerprint density at radius 2 is 2.12 bits per heavy atom. The maximum absolute atomic E-state index is 12.2. The minimum absolute atomic E-state index is 0.0364. The number of carbonyl (C=O) groups excluding carboxylic acids is 1. The van der Waals surface area contributed by atoms with Crippen LogP contribution in [0.4, 0.5) is 0 Å². The Morgan fingerprint density at radius 3 is 2.81 bits per heavy atom. The summed E-state index contributed by atoms with van der Waals surface area (Å²) in [5.74, 6) is 1.81. The lowest BCUT2D eigenvalue weighted by atomic mass is 10.0. The number of aryl methyl sites for hydroxylation is 4. The lowest BCUT2D eigenvalue weighted by molar-refractivity contribution is -0.121. The van der Waals surface area contributed by atoms with E-state index in [0.717, 1.165) is 24.5 Å². The zero-order valence-electron chi connectivity index (χ0n) is 15.7. The maximum atomic E-state index is 12.2. The number of aliphatic hydroxyl groups is 1. The summed E-state index contributed by atoms with van der Waals surface area (Å²) in [5, 5.41) is 20.3. The van der Waals surface area contributed by atoms with Gasteiger partial charge >= 0.3 is 0 Å². The summed E-state index contributed by atoms with van der Waals surface area (Å²) < 4.78 is 0. The molecular weight excluding hydrogens is 328 g/mol. The first-order chi connectivity index (χ1) is 12.4. The van der Waals surface area contributed by atoms with Crippen molar-refractivity contribution in [1.29, 1.82) is 0 Å². The lowest BCUT2D eigenvalue weighted by Gasteiger charge is -2.15. The molecule has 3 rings (SSSR count). The van der Waals surface area contributed by atoms with Crippen molar-refractivity contribution in [3.63, 3.8) is 0 Å². The quantitative estimate of drug-likeness (QED) is 0.741. The van der Waals surface area contributed by atoms with Crippen LogP contribution in [0.5, 0.6) is 0 Å². The molecule has 3 atom stereocenters. The highest BCUT2D eigenvalue weighted by molar-refractivity contribution is 5.76. The Hall–Kier alpha value is -2.21. The number of aromatic amines is 1. The normalized spacial score (nSPS) is 22.5. The van der Waals surface area contributed by atoms with Crippen LogP contribution in [0, 0.1) is 26.7 Å². The van der Waals surface area contributed by atoms with E-state index in [1.54, 1.807) is 0 Å². The molecule has 2 aromatic rings. The summed E-state index contributed by atoms with van der Waals surface area (Å²) >= 11 is 0. The summed E-state index contributed by atoms with van der Waals surface area (Å²) in [6, 6.07) is 6.33. The number of hydrogen-bond acceptors (Lipinski definition) is 4. The fraction of sp³-hybridized carbons (Fsp3) is 0.550. The number of hydrogen-bond donors (Lipinski definition) is 3. The number of H-pyrrole nitrogens is 1. The van der Waals surface area contributed by atoms with Crippen LogP contribution in [0.3, 0.4) is 0 Å². The van der Waals surface area contributed by atoms with Crippen LogP contribution in [0.1, 0.15) is 53.5 Å². The third-order valence-electron chi connectivity index (χ3n) is 5.32. The Balaban J connectivity index is 1.45. The third-order valence-corrected chi connectivity index (χ3v) is 5.32. The Labute approximate surface area is 154 Å². The van der Waals surface area contributed by atoms with Crippen LogP contribution in [0.2, 0.25) is 0 Å². The second kappa shape index (κ2) is 7.99. The minimum atomic E-state index is -0.418. The van der Waals surface area contributed by atoms with Gasteiger partial charge in [-0.3, -0.25) is 9.89 Å². The number of rotatable bonds is 6. The molecule has 26 heavy (non-hydrogen) atoms. The summed E-state index contributed by atoms with van der Waals surface area (Å²) in [5.41, 5.74) is 3.68. The van der Waals surface area contributed by atoms with Crippen molar-refractivity contribution in [3.8, 4) is 0 Å². The van der Waals surface area contributed by atoms with Crippen LogP contribution in [0.25, 0.3) is 0 Å². The van der Waals surface area contributed by atoms with Gasteiger partial charge in [-0.25, -0.2) is 4.98 Å². The number of nitrogens with one attached hydrogen (secondary N) is 2. The molecule has 140 valence electrons. The van der Waals surface area contributed by atoms with E-state index in [1.807, 2.05) is 6.92 Å². The van der Waals surface area contributed by atoms with E-state index >= 15 is 0 Å². The van der Waals surface area contributed by atoms with Gasteiger partial charge in [-0.2, -0.15) is 5.10 Å². The van der Waals surface area contributed by atoms with Crippen LogP contribution < -0.4 is 5.32 Å². The van der Waals surface area contributed by atoms with E-state index in [9.17, 15) is 9.90 Å². The molecule has 1 amide bonds. The number of aromatic nitrogens is 3. The van der Waals surface area contributed by atoms with Crippen molar-refractivity contribution in [2.75, 3.05) is 6.54 Å². The highest BCUT2D eigenvalue weighted by atomic mass is 16.3. The summed E-state index contributed by atoms with van der Waals surface area (Å²) in [6.07, 6.45) is 2.25. The second-order valence-corrected chi connectivity index (χ2v) is 7.51. The lowest BCUT2D eigenvalue weighted by Crippen LogP contribution is -2.32. The van der Waals surface area contributed by atoms with Crippen molar-refractivity contribution in [2.24, 2.45) is 5.92 Å². The van der Waals surface area contributed by atoms with Gasteiger partial charge in [0.15, 0.2) is 5.82 Å². The highest BCUT2D eigenvalue weighted by Crippen LogP contribution is 2.36. The minimum Gasteiger partial charge on any atom is -0.393 e. The van der Waals surface area contributed by atoms with Gasteiger partial charge < -0.3 is 10.4 Å². The van der Waals surface area contributed by atoms with Crippen LogP contribution in [-0.2, 0) is 11.2 Å². The zero-order valence-corrected chi connectivity index (χ0v) is 15.7. The number of carbonyl (C=O) groups is 1. The predicted molar refractivity (Wildman–Crippen MR) is 99.8 cm³/mol. The van der Waals surface area contributed by atoms with E-state index in [1.165, 1.54) is 16.7 Å². The molecular formula is C20H28N4O2. The van der Waals surface area contributed by atoms with Crippen LogP contribution in [-0.4, -0.2) is 38.8 Å². The van der Waals surface area contributed by atoms with Crippen molar-refractivity contribution >= 4 is 5.91 Å². The molecule has 0 bridgehead atoms. The van der Waals surface area contributed by atoms with Gasteiger partial charge in [0.1, 0.15) is 5.82 Å². The zero-order chi connectivity index (χ0) is 18.7. The molecule has 0 unspecified atom stereocenters. The van der Waals surface area contributed by atoms with Gasteiger partial charge in [0.25, 0.3) is 0 Å². The fourth-order valence-electron chi connectivity index (χ4n) is 3.78. The first kappa shape index (κ1) is 18.6. The SMILES string of the molecule is Cc1ccc(CCC(=O)NC[C@H]2C[C@H](c3n[nH]c(C)n3)C[C@H]2O)c(C)c1. The summed E-state index contributed by atoms with van der Waals surface area (Å²) in [7, 11) is 0.